The largest absolute Gasteiger partial charge is 0.279 e. The summed E-state index contributed by atoms with van der Waals surface area (Å²) in [4.78, 5) is 3.96. The van der Waals surface area contributed by atoms with Crippen LogP contribution in [0.25, 0.3) is 0 Å². The van der Waals surface area contributed by atoms with E-state index < -0.39 is 10.0 Å². The van der Waals surface area contributed by atoms with Gasteiger partial charge < -0.3 is 0 Å². The molecule has 1 N–H and O–H groups in total. The Labute approximate surface area is 111 Å². The first-order chi connectivity index (χ1) is 8.50. The Kier molecular flexibility index (Phi) is 3.54. The lowest BCUT2D eigenvalue weighted by molar-refractivity contribution is 0.601. The number of hydrogen-bond donors (Lipinski definition) is 1. The molecule has 18 heavy (non-hydrogen) atoms. The van der Waals surface area contributed by atoms with Crippen molar-refractivity contribution in [2.45, 2.75) is 11.8 Å². The predicted octanol–water partition coefficient (Wildman–Crippen LogP) is 2.84. The lowest BCUT2D eigenvalue weighted by Gasteiger charge is -2.10. The van der Waals surface area contributed by atoms with Crippen LogP contribution in [0.15, 0.2) is 47.6 Å². The molecule has 2 rings (SSSR count). The fourth-order valence-corrected chi connectivity index (χ4v) is 3.10. The molecule has 0 amide bonds. The van der Waals surface area contributed by atoms with E-state index in [4.69, 9.17) is 11.6 Å². The summed E-state index contributed by atoms with van der Waals surface area (Å²) in [6.07, 6.45) is 3.11. The molecule has 0 radical (unpaired) electrons. The van der Waals surface area contributed by atoms with Crippen molar-refractivity contribution in [3.05, 3.63) is 53.3 Å². The third-order valence-electron chi connectivity index (χ3n) is 2.39. The molecule has 6 heteroatoms. The molecular formula is C12H11ClN2O2S. The zero-order chi connectivity index (χ0) is 13.2. The maximum absolute atomic E-state index is 12.2. The molecule has 0 spiro atoms. The molecule has 4 nitrogen and oxygen atoms in total. The van der Waals surface area contributed by atoms with E-state index in [-0.39, 0.29) is 9.92 Å². The van der Waals surface area contributed by atoms with Gasteiger partial charge >= 0.3 is 0 Å². The average molecular weight is 283 g/mol. The van der Waals surface area contributed by atoms with Gasteiger partial charge in [-0.1, -0.05) is 23.7 Å². The first-order valence-electron chi connectivity index (χ1n) is 5.18. The lowest BCUT2D eigenvalue weighted by atomic mass is 10.3. The van der Waals surface area contributed by atoms with Crippen molar-refractivity contribution < 1.29 is 8.42 Å². The normalized spacial score (nSPS) is 11.2. The van der Waals surface area contributed by atoms with Crippen LogP contribution >= 0.6 is 11.6 Å². The third kappa shape index (κ3) is 2.63. The van der Waals surface area contributed by atoms with Gasteiger partial charge in [-0.05, 0) is 30.7 Å². The number of nitrogens with zero attached hydrogens (tertiary/aromatic N) is 1. The van der Waals surface area contributed by atoms with Crippen LogP contribution in [0.5, 0.6) is 0 Å². The van der Waals surface area contributed by atoms with E-state index in [9.17, 15) is 8.42 Å². The first-order valence-corrected chi connectivity index (χ1v) is 7.05. The van der Waals surface area contributed by atoms with Gasteiger partial charge in [0.05, 0.1) is 10.7 Å². The zero-order valence-electron chi connectivity index (χ0n) is 9.59. The van der Waals surface area contributed by atoms with Crippen molar-refractivity contribution in [2.24, 2.45) is 0 Å². The summed E-state index contributed by atoms with van der Waals surface area (Å²) in [5, 5.41) is 0.191. The molecular weight excluding hydrogens is 272 g/mol. The van der Waals surface area contributed by atoms with E-state index in [1.807, 2.05) is 0 Å². The highest BCUT2D eigenvalue weighted by atomic mass is 35.5. The second-order valence-corrected chi connectivity index (χ2v) is 5.78. The first kappa shape index (κ1) is 12.9. The van der Waals surface area contributed by atoms with Gasteiger partial charge in [0.15, 0.2) is 0 Å². The minimum atomic E-state index is -3.68. The summed E-state index contributed by atoms with van der Waals surface area (Å²) in [5.74, 6) is 0. The second kappa shape index (κ2) is 4.96. The van der Waals surface area contributed by atoms with Gasteiger partial charge in [0.25, 0.3) is 10.0 Å². The summed E-state index contributed by atoms with van der Waals surface area (Å²) in [5.41, 5.74) is 1.23. The van der Waals surface area contributed by atoms with Gasteiger partial charge in [-0.2, -0.15) is 0 Å². The lowest BCUT2D eigenvalue weighted by Crippen LogP contribution is -2.14. The Bertz CT molecular complexity index is 671. The zero-order valence-corrected chi connectivity index (χ0v) is 11.2. The van der Waals surface area contributed by atoms with Crippen LogP contribution in [0.4, 0.5) is 5.69 Å². The third-order valence-corrected chi connectivity index (χ3v) is 4.26. The number of rotatable bonds is 3. The highest BCUT2D eigenvalue weighted by Crippen LogP contribution is 2.24. The maximum Gasteiger partial charge on any atom is 0.263 e. The minimum Gasteiger partial charge on any atom is -0.279 e. The standard InChI is InChI=1S/C12H11ClN2O2S/c1-9-8-14-7-6-11(9)15-18(16,17)12-5-3-2-4-10(12)13/h2-8H,1H3,(H,14,15). The van der Waals surface area contributed by atoms with Gasteiger partial charge in [-0.15, -0.1) is 0 Å². The minimum absolute atomic E-state index is 0.0582. The Morgan fingerprint density at radius 1 is 1.22 bits per heavy atom. The van der Waals surface area contributed by atoms with Gasteiger partial charge in [-0.3, -0.25) is 9.71 Å². The molecule has 0 aliphatic heterocycles. The predicted molar refractivity (Wildman–Crippen MR) is 71.2 cm³/mol. The van der Waals surface area contributed by atoms with Gasteiger partial charge in [0.2, 0.25) is 0 Å². The molecule has 0 aliphatic carbocycles. The Morgan fingerprint density at radius 2 is 1.94 bits per heavy atom. The monoisotopic (exact) mass is 282 g/mol. The summed E-state index contributed by atoms with van der Waals surface area (Å²) in [6.45, 7) is 1.78. The average Bonchev–Trinajstić information content (AvgIpc) is 2.32. The van der Waals surface area contributed by atoms with E-state index >= 15 is 0 Å². The fourth-order valence-electron chi connectivity index (χ4n) is 1.45. The maximum atomic E-state index is 12.2. The number of sulfonamides is 1. The number of aryl methyl sites for hydroxylation is 1. The molecule has 0 atom stereocenters. The molecule has 1 heterocycles. The summed E-state index contributed by atoms with van der Waals surface area (Å²) in [6, 6.07) is 7.90. The molecule has 94 valence electrons. The fraction of sp³-hybridized carbons (Fsp3) is 0.0833. The Hall–Kier alpha value is -1.59. The van der Waals surface area contributed by atoms with Crippen LogP contribution < -0.4 is 4.72 Å². The highest BCUT2D eigenvalue weighted by molar-refractivity contribution is 7.92. The molecule has 0 saturated heterocycles. The highest BCUT2D eigenvalue weighted by Gasteiger charge is 2.17. The van der Waals surface area contributed by atoms with Crippen molar-refractivity contribution in [3.8, 4) is 0 Å². The summed E-state index contributed by atoms with van der Waals surface area (Å²) >= 11 is 5.88. The molecule has 0 saturated carbocycles. The number of halogens is 1. The van der Waals surface area contributed by atoms with Crippen LogP contribution in [0, 0.1) is 6.92 Å². The molecule has 2 aromatic rings. The van der Waals surface area contributed by atoms with E-state index in [1.54, 1.807) is 31.3 Å². The number of aromatic nitrogens is 1. The molecule has 0 unspecified atom stereocenters. The van der Waals surface area contributed by atoms with Crippen LogP contribution in [0.1, 0.15) is 5.56 Å². The molecule has 1 aromatic carbocycles. The van der Waals surface area contributed by atoms with Crippen LogP contribution in [0.2, 0.25) is 5.02 Å². The Balaban J connectivity index is 2.40. The molecule has 0 aliphatic rings. The molecule has 0 fully saturated rings. The number of anilines is 1. The number of benzene rings is 1. The topological polar surface area (TPSA) is 59.1 Å². The van der Waals surface area contributed by atoms with Crippen molar-refractivity contribution in [3.63, 3.8) is 0 Å². The second-order valence-electron chi connectivity index (χ2n) is 3.73. The molecule has 0 bridgehead atoms. The van der Waals surface area contributed by atoms with Crippen LogP contribution in [-0.4, -0.2) is 13.4 Å². The van der Waals surface area contributed by atoms with Crippen LogP contribution in [0.3, 0.4) is 0 Å². The van der Waals surface area contributed by atoms with E-state index in [1.165, 1.54) is 18.3 Å². The van der Waals surface area contributed by atoms with E-state index in [2.05, 4.69) is 9.71 Å². The summed E-state index contributed by atoms with van der Waals surface area (Å²) < 4.78 is 26.8. The number of nitrogens with one attached hydrogen (secondary N) is 1. The van der Waals surface area contributed by atoms with Crippen molar-refractivity contribution in [1.29, 1.82) is 0 Å². The Morgan fingerprint density at radius 3 is 2.61 bits per heavy atom. The van der Waals surface area contributed by atoms with E-state index in [0.29, 0.717) is 5.69 Å². The van der Waals surface area contributed by atoms with Crippen molar-refractivity contribution in [2.75, 3.05) is 4.72 Å². The van der Waals surface area contributed by atoms with Gasteiger partial charge in [0, 0.05) is 12.4 Å². The van der Waals surface area contributed by atoms with Crippen molar-refractivity contribution >= 4 is 27.3 Å². The van der Waals surface area contributed by atoms with Gasteiger partial charge in [0.1, 0.15) is 4.90 Å². The van der Waals surface area contributed by atoms with E-state index in [0.717, 1.165) is 5.56 Å². The smallest absolute Gasteiger partial charge is 0.263 e. The SMILES string of the molecule is Cc1cnccc1NS(=O)(=O)c1ccccc1Cl. The van der Waals surface area contributed by atoms with Crippen LogP contribution in [-0.2, 0) is 10.0 Å². The number of hydrogen-bond acceptors (Lipinski definition) is 3. The summed E-state index contributed by atoms with van der Waals surface area (Å²) in [7, 11) is -3.68. The quantitative estimate of drug-likeness (QED) is 0.942. The van der Waals surface area contributed by atoms with Gasteiger partial charge in [-0.25, -0.2) is 8.42 Å². The molecule has 1 aromatic heterocycles. The number of pyridine rings is 1. The van der Waals surface area contributed by atoms with Crippen molar-refractivity contribution in [1.82, 2.24) is 4.98 Å².